The third-order valence-corrected chi connectivity index (χ3v) is 2.78. The standard InChI is InChI=1S/C13H30N2O/c1-5-6-13(9-14)11-15(7-8-16-4)10-12(2)3/h12-13H,5-11,14H2,1-4H3. The average Bonchev–Trinajstić information content (AvgIpc) is 2.24. The Balaban J connectivity index is 4.04. The van der Waals surface area contributed by atoms with E-state index in [1.807, 2.05) is 0 Å². The van der Waals surface area contributed by atoms with Crippen molar-refractivity contribution in [2.45, 2.75) is 33.6 Å². The SMILES string of the molecule is CCCC(CN)CN(CCOC)CC(C)C. The Morgan fingerprint density at radius 2 is 1.94 bits per heavy atom. The van der Waals surface area contributed by atoms with Crippen molar-refractivity contribution in [2.75, 3.05) is 39.9 Å². The van der Waals surface area contributed by atoms with E-state index in [0.29, 0.717) is 11.8 Å². The second kappa shape index (κ2) is 10.1. The van der Waals surface area contributed by atoms with Crippen molar-refractivity contribution in [3.63, 3.8) is 0 Å². The van der Waals surface area contributed by atoms with Gasteiger partial charge in [-0.05, 0) is 24.8 Å². The summed E-state index contributed by atoms with van der Waals surface area (Å²) >= 11 is 0. The predicted octanol–water partition coefficient (Wildman–Crippen LogP) is 1.97. The molecule has 1 atom stereocenters. The van der Waals surface area contributed by atoms with Crippen LogP contribution in [-0.4, -0.2) is 44.8 Å². The van der Waals surface area contributed by atoms with Gasteiger partial charge in [0.2, 0.25) is 0 Å². The molecule has 0 saturated carbocycles. The summed E-state index contributed by atoms with van der Waals surface area (Å²) < 4.78 is 5.16. The molecule has 3 nitrogen and oxygen atoms in total. The summed E-state index contributed by atoms with van der Waals surface area (Å²) in [5, 5.41) is 0. The summed E-state index contributed by atoms with van der Waals surface area (Å²) in [6.45, 7) is 11.6. The number of nitrogens with zero attached hydrogens (tertiary/aromatic N) is 1. The molecule has 16 heavy (non-hydrogen) atoms. The molecular weight excluding hydrogens is 200 g/mol. The van der Waals surface area contributed by atoms with Crippen molar-refractivity contribution < 1.29 is 4.74 Å². The third-order valence-electron chi connectivity index (χ3n) is 2.78. The number of hydrogen-bond donors (Lipinski definition) is 1. The molecule has 0 aliphatic heterocycles. The molecule has 0 radical (unpaired) electrons. The van der Waals surface area contributed by atoms with Crippen LogP contribution in [0.5, 0.6) is 0 Å². The molecule has 1 unspecified atom stereocenters. The van der Waals surface area contributed by atoms with Gasteiger partial charge >= 0.3 is 0 Å². The zero-order chi connectivity index (χ0) is 12.4. The van der Waals surface area contributed by atoms with Gasteiger partial charge in [-0.2, -0.15) is 0 Å². The highest BCUT2D eigenvalue weighted by Crippen LogP contribution is 2.09. The molecule has 0 spiro atoms. The van der Waals surface area contributed by atoms with Crippen LogP contribution in [-0.2, 0) is 4.74 Å². The number of ether oxygens (including phenoxy) is 1. The minimum atomic E-state index is 0.639. The maximum Gasteiger partial charge on any atom is 0.0589 e. The molecule has 0 amide bonds. The number of methoxy groups -OCH3 is 1. The van der Waals surface area contributed by atoms with E-state index in [4.69, 9.17) is 10.5 Å². The Hall–Kier alpha value is -0.120. The van der Waals surface area contributed by atoms with Crippen LogP contribution in [0.4, 0.5) is 0 Å². The van der Waals surface area contributed by atoms with Gasteiger partial charge in [0.25, 0.3) is 0 Å². The van der Waals surface area contributed by atoms with E-state index in [0.717, 1.165) is 32.8 Å². The van der Waals surface area contributed by atoms with Crippen LogP contribution in [0.15, 0.2) is 0 Å². The molecule has 0 aromatic heterocycles. The quantitative estimate of drug-likeness (QED) is 0.623. The highest BCUT2D eigenvalue weighted by atomic mass is 16.5. The second-order valence-corrected chi connectivity index (χ2v) is 5.04. The number of hydrogen-bond acceptors (Lipinski definition) is 3. The molecule has 0 saturated heterocycles. The fraction of sp³-hybridized carbons (Fsp3) is 1.00. The van der Waals surface area contributed by atoms with E-state index in [1.165, 1.54) is 12.8 Å². The van der Waals surface area contributed by atoms with Gasteiger partial charge in [0.1, 0.15) is 0 Å². The molecular formula is C13H30N2O. The van der Waals surface area contributed by atoms with Crippen molar-refractivity contribution in [3.05, 3.63) is 0 Å². The summed E-state index contributed by atoms with van der Waals surface area (Å²) in [5.41, 5.74) is 5.81. The first-order chi connectivity index (χ1) is 7.63. The summed E-state index contributed by atoms with van der Waals surface area (Å²) in [5.74, 6) is 1.34. The molecule has 0 aliphatic carbocycles. The lowest BCUT2D eigenvalue weighted by molar-refractivity contribution is 0.127. The maximum atomic E-state index is 5.81. The van der Waals surface area contributed by atoms with E-state index < -0.39 is 0 Å². The Bertz CT molecular complexity index is 151. The summed E-state index contributed by atoms with van der Waals surface area (Å²) in [7, 11) is 1.76. The zero-order valence-corrected chi connectivity index (χ0v) is 11.5. The van der Waals surface area contributed by atoms with Crippen molar-refractivity contribution in [1.29, 1.82) is 0 Å². The summed E-state index contributed by atoms with van der Waals surface area (Å²) in [4.78, 5) is 2.49. The second-order valence-electron chi connectivity index (χ2n) is 5.04. The van der Waals surface area contributed by atoms with Gasteiger partial charge in [0.05, 0.1) is 6.61 Å². The fourth-order valence-electron chi connectivity index (χ4n) is 2.05. The molecule has 3 heteroatoms. The highest BCUT2D eigenvalue weighted by Gasteiger charge is 2.13. The van der Waals surface area contributed by atoms with Gasteiger partial charge in [-0.1, -0.05) is 27.2 Å². The Morgan fingerprint density at radius 3 is 2.38 bits per heavy atom. The summed E-state index contributed by atoms with van der Waals surface area (Å²) in [6.07, 6.45) is 2.46. The highest BCUT2D eigenvalue weighted by molar-refractivity contribution is 4.68. The van der Waals surface area contributed by atoms with Gasteiger partial charge in [-0.15, -0.1) is 0 Å². The molecule has 0 bridgehead atoms. The van der Waals surface area contributed by atoms with Crippen molar-refractivity contribution >= 4 is 0 Å². The lowest BCUT2D eigenvalue weighted by atomic mass is 10.0. The van der Waals surface area contributed by atoms with Crippen molar-refractivity contribution in [1.82, 2.24) is 4.90 Å². The van der Waals surface area contributed by atoms with Crippen LogP contribution >= 0.6 is 0 Å². The van der Waals surface area contributed by atoms with Crippen molar-refractivity contribution in [3.8, 4) is 0 Å². The lowest BCUT2D eigenvalue weighted by Crippen LogP contribution is -2.37. The minimum absolute atomic E-state index is 0.639. The van der Waals surface area contributed by atoms with Gasteiger partial charge in [0, 0.05) is 26.7 Å². The molecule has 0 aliphatic rings. The Labute approximate surface area is 101 Å². The normalized spacial score (nSPS) is 13.7. The maximum absolute atomic E-state index is 5.81. The van der Waals surface area contributed by atoms with Gasteiger partial charge in [-0.25, -0.2) is 0 Å². The topological polar surface area (TPSA) is 38.5 Å². The molecule has 98 valence electrons. The fourth-order valence-corrected chi connectivity index (χ4v) is 2.05. The van der Waals surface area contributed by atoms with Crippen LogP contribution in [0.3, 0.4) is 0 Å². The van der Waals surface area contributed by atoms with Crippen LogP contribution in [0.25, 0.3) is 0 Å². The Kier molecular flexibility index (Phi) is 9.99. The van der Waals surface area contributed by atoms with Crippen LogP contribution < -0.4 is 5.73 Å². The van der Waals surface area contributed by atoms with E-state index in [1.54, 1.807) is 7.11 Å². The smallest absolute Gasteiger partial charge is 0.0589 e. The van der Waals surface area contributed by atoms with Gasteiger partial charge in [-0.3, -0.25) is 0 Å². The Morgan fingerprint density at radius 1 is 1.25 bits per heavy atom. The van der Waals surface area contributed by atoms with Crippen LogP contribution in [0.2, 0.25) is 0 Å². The van der Waals surface area contributed by atoms with Gasteiger partial charge < -0.3 is 15.4 Å². The van der Waals surface area contributed by atoms with E-state index in [2.05, 4.69) is 25.7 Å². The van der Waals surface area contributed by atoms with E-state index in [9.17, 15) is 0 Å². The lowest BCUT2D eigenvalue weighted by Gasteiger charge is -2.28. The number of nitrogens with two attached hydrogens (primary N) is 1. The van der Waals surface area contributed by atoms with E-state index >= 15 is 0 Å². The zero-order valence-electron chi connectivity index (χ0n) is 11.5. The molecule has 0 aromatic rings. The summed E-state index contributed by atoms with van der Waals surface area (Å²) in [6, 6.07) is 0. The largest absolute Gasteiger partial charge is 0.383 e. The predicted molar refractivity (Wildman–Crippen MR) is 70.6 cm³/mol. The first-order valence-electron chi connectivity index (χ1n) is 6.55. The molecule has 0 rings (SSSR count). The molecule has 0 aromatic carbocycles. The van der Waals surface area contributed by atoms with Crippen LogP contribution in [0.1, 0.15) is 33.6 Å². The van der Waals surface area contributed by atoms with Crippen molar-refractivity contribution in [2.24, 2.45) is 17.6 Å². The monoisotopic (exact) mass is 230 g/mol. The molecule has 0 heterocycles. The number of rotatable bonds is 10. The third kappa shape index (κ3) is 8.08. The minimum Gasteiger partial charge on any atom is -0.383 e. The molecule has 0 fully saturated rings. The molecule has 2 N–H and O–H groups in total. The first kappa shape index (κ1) is 15.9. The average molecular weight is 230 g/mol. The van der Waals surface area contributed by atoms with Gasteiger partial charge in [0.15, 0.2) is 0 Å². The van der Waals surface area contributed by atoms with E-state index in [-0.39, 0.29) is 0 Å². The van der Waals surface area contributed by atoms with Crippen LogP contribution in [0, 0.1) is 11.8 Å². The first-order valence-corrected chi connectivity index (χ1v) is 6.55.